The van der Waals surface area contributed by atoms with Gasteiger partial charge in [0.15, 0.2) is 5.60 Å². The van der Waals surface area contributed by atoms with E-state index in [0.29, 0.717) is 12.8 Å². The summed E-state index contributed by atoms with van der Waals surface area (Å²) in [5.41, 5.74) is -1.60. The molecule has 3 heteroatoms. The summed E-state index contributed by atoms with van der Waals surface area (Å²) < 4.78 is 0. The van der Waals surface area contributed by atoms with Gasteiger partial charge in [0.2, 0.25) is 0 Å². The standard InChI is InChI=1S/C13H24O3/c1-4-8-13(16,11(14)15)10-7-5-6-9-12(10,2)3/h10,16H,4-9H2,1-3H3,(H,14,15). The van der Waals surface area contributed by atoms with E-state index in [2.05, 4.69) is 13.8 Å². The first-order valence-corrected chi connectivity index (χ1v) is 6.30. The van der Waals surface area contributed by atoms with Gasteiger partial charge in [0.25, 0.3) is 0 Å². The van der Waals surface area contributed by atoms with Crippen LogP contribution in [0.1, 0.15) is 59.3 Å². The van der Waals surface area contributed by atoms with Crippen LogP contribution in [0.4, 0.5) is 0 Å². The monoisotopic (exact) mass is 228 g/mol. The molecule has 0 radical (unpaired) electrons. The highest BCUT2D eigenvalue weighted by atomic mass is 16.4. The second-order valence-electron chi connectivity index (χ2n) is 5.77. The Morgan fingerprint density at radius 1 is 1.44 bits per heavy atom. The van der Waals surface area contributed by atoms with Crippen LogP contribution in [-0.4, -0.2) is 21.8 Å². The van der Waals surface area contributed by atoms with Gasteiger partial charge in [0.05, 0.1) is 0 Å². The summed E-state index contributed by atoms with van der Waals surface area (Å²) in [7, 11) is 0. The van der Waals surface area contributed by atoms with Gasteiger partial charge in [0.1, 0.15) is 0 Å². The van der Waals surface area contributed by atoms with Gasteiger partial charge in [0, 0.05) is 5.92 Å². The summed E-state index contributed by atoms with van der Waals surface area (Å²) in [5.74, 6) is -1.17. The van der Waals surface area contributed by atoms with Crippen molar-refractivity contribution in [1.82, 2.24) is 0 Å². The molecular weight excluding hydrogens is 204 g/mol. The Morgan fingerprint density at radius 3 is 2.50 bits per heavy atom. The maximum atomic E-state index is 11.3. The highest BCUT2D eigenvalue weighted by molar-refractivity contribution is 5.77. The van der Waals surface area contributed by atoms with Crippen LogP contribution in [0.3, 0.4) is 0 Å². The Balaban J connectivity index is 2.96. The van der Waals surface area contributed by atoms with Crippen LogP contribution in [0.5, 0.6) is 0 Å². The minimum absolute atomic E-state index is 0.0689. The molecule has 0 aromatic carbocycles. The summed E-state index contributed by atoms with van der Waals surface area (Å²) in [6, 6.07) is 0. The topological polar surface area (TPSA) is 57.5 Å². The number of hydrogen-bond donors (Lipinski definition) is 2. The molecule has 2 unspecified atom stereocenters. The van der Waals surface area contributed by atoms with E-state index in [4.69, 9.17) is 0 Å². The van der Waals surface area contributed by atoms with Crippen LogP contribution in [0.25, 0.3) is 0 Å². The Hall–Kier alpha value is -0.570. The van der Waals surface area contributed by atoms with Crippen molar-refractivity contribution in [3.05, 3.63) is 0 Å². The molecule has 3 nitrogen and oxygen atoms in total. The summed E-state index contributed by atoms with van der Waals surface area (Å²) in [5, 5.41) is 19.7. The highest BCUT2D eigenvalue weighted by Crippen LogP contribution is 2.47. The fourth-order valence-corrected chi connectivity index (χ4v) is 3.19. The number of carbonyl (C=O) groups is 1. The molecule has 94 valence electrons. The lowest BCUT2D eigenvalue weighted by Gasteiger charge is -2.46. The Kier molecular flexibility index (Phi) is 4.00. The first-order chi connectivity index (χ1) is 7.34. The van der Waals surface area contributed by atoms with Gasteiger partial charge in [-0.25, -0.2) is 4.79 Å². The number of hydrogen-bond acceptors (Lipinski definition) is 2. The molecule has 1 rings (SSSR count). The Morgan fingerprint density at radius 2 is 2.06 bits per heavy atom. The van der Waals surface area contributed by atoms with Gasteiger partial charge < -0.3 is 10.2 Å². The van der Waals surface area contributed by atoms with Crippen molar-refractivity contribution in [2.24, 2.45) is 11.3 Å². The molecule has 0 bridgehead atoms. The van der Waals surface area contributed by atoms with Crippen LogP contribution in [0, 0.1) is 11.3 Å². The molecule has 1 saturated carbocycles. The number of rotatable bonds is 4. The van der Waals surface area contributed by atoms with Gasteiger partial charge >= 0.3 is 5.97 Å². The number of aliphatic hydroxyl groups is 1. The number of carboxylic acids is 1. The normalized spacial score (nSPS) is 28.4. The predicted octanol–water partition coefficient (Wildman–Crippen LogP) is 2.82. The van der Waals surface area contributed by atoms with E-state index in [1.807, 2.05) is 6.92 Å². The molecule has 0 aliphatic heterocycles. The van der Waals surface area contributed by atoms with Crippen molar-refractivity contribution in [1.29, 1.82) is 0 Å². The van der Waals surface area contributed by atoms with Gasteiger partial charge in [-0.05, 0) is 24.7 Å². The zero-order valence-corrected chi connectivity index (χ0v) is 10.6. The molecule has 16 heavy (non-hydrogen) atoms. The number of aliphatic carboxylic acids is 1. The van der Waals surface area contributed by atoms with E-state index in [-0.39, 0.29) is 11.3 Å². The van der Waals surface area contributed by atoms with E-state index >= 15 is 0 Å². The fraction of sp³-hybridized carbons (Fsp3) is 0.923. The number of carboxylic acid groups (broad SMARTS) is 1. The van der Waals surface area contributed by atoms with Gasteiger partial charge in [-0.15, -0.1) is 0 Å². The zero-order valence-electron chi connectivity index (χ0n) is 10.6. The van der Waals surface area contributed by atoms with Crippen molar-refractivity contribution in [3.63, 3.8) is 0 Å². The zero-order chi connectivity index (χ0) is 12.4. The first-order valence-electron chi connectivity index (χ1n) is 6.30. The molecule has 0 heterocycles. The van der Waals surface area contributed by atoms with Crippen LogP contribution < -0.4 is 0 Å². The molecule has 0 aromatic heterocycles. The smallest absolute Gasteiger partial charge is 0.335 e. The minimum Gasteiger partial charge on any atom is -0.479 e. The first kappa shape index (κ1) is 13.5. The summed E-state index contributed by atoms with van der Waals surface area (Å²) >= 11 is 0. The van der Waals surface area contributed by atoms with Crippen LogP contribution >= 0.6 is 0 Å². The SMILES string of the molecule is CCCC(O)(C(=O)O)C1CCCCC1(C)C. The highest BCUT2D eigenvalue weighted by Gasteiger charge is 2.50. The molecule has 1 fully saturated rings. The summed E-state index contributed by atoms with van der Waals surface area (Å²) in [6.07, 6.45) is 5.08. The van der Waals surface area contributed by atoms with Crippen molar-refractivity contribution in [3.8, 4) is 0 Å². The van der Waals surface area contributed by atoms with Crippen molar-refractivity contribution < 1.29 is 15.0 Å². The van der Waals surface area contributed by atoms with Crippen molar-refractivity contribution in [2.45, 2.75) is 64.9 Å². The lowest BCUT2D eigenvalue weighted by atomic mass is 9.61. The molecule has 2 N–H and O–H groups in total. The molecule has 0 aromatic rings. The van der Waals surface area contributed by atoms with Crippen LogP contribution in [0.2, 0.25) is 0 Å². The molecule has 0 spiro atoms. The van der Waals surface area contributed by atoms with E-state index in [1.165, 1.54) is 0 Å². The van der Waals surface area contributed by atoms with Crippen molar-refractivity contribution >= 4 is 5.97 Å². The Bertz CT molecular complexity index is 260. The minimum atomic E-state index is -1.53. The fourth-order valence-electron chi connectivity index (χ4n) is 3.19. The van der Waals surface area contributed by atoms with Gasteiger partial charge in [-0.1, -0.05) is 40.0 Å². The van der Waals surface area contributed by atoms with E-state index in [1.54, 1.807) is 0 Å². The van der Waals surface area contributed by atoms with Crippen LogP contribution in [-0.2, 0) is 4.79 Å². The summed E-state index contributed by atoms with van der Waals surface area (Å²) in [4.78, 5) is 11.3. The summed E-state index contributed by atoms with van der Waals surface area (Å²) in [6.45, 7) is 6.09. The van der Waals surface area contributed by atoms with Crippen LogP contribution in [0.15, 0.2) is 0 Å². The quantitative estimate of drug-likeness (QED) is 0.778. The third kappa shape index (κ3) is 2.40. The predicted molar refractivity (Wildman–Crippen MR) is 63.2 cm³/mol. The van der Waals surface area contributed by atoms with Crippen molar-refractivity contribution in [2.75, 3.05) is 0 Å². The second-order valence-corrected chi connectivity index (χ2v) is 5.77. The molecule has 1 aliphatic rings. The average Bonchev–Trinajstić information content (AvgIpc) is 2.16. The van der Waals surface area contributed by atoms with E-state index in [0.717, 1.165) is 25.7 Å². The molecule has 0 saturated heterocycles. The third-order valence-corrected chi connectivity index (χ3v) is 4.09. The van der Waals surface area contributed by atoms with Gasteiger partial charge in [-0.3, -0.25) is 0 Å². The van der Waals surface area contributed by atoms with E-state index in [9.17, 15) is 15.0 Å². The van der Waals surface area contributed by atoms with E-state index < -0.39 is 11.6 Å². The maximum absolute atomic E-state index is 11.3. The maximum Gasteiger partial charge on any atom is 0.335 e. The lowest BCUT2D eigenvalue weighted by molar-refractivity contribution is -0.175. The molecule has 0 amide bonds. The molecule has 2 atom stereocenters. The molecule has 1 aliphatic carbocycles. The van der Waals surface area contributed by atoms with Gasteiger partial charge in [-0.2, -0.15) is 0 Å². The largest absolute Gasteiger partial charge is 0.479 e. The average molecular weight is 228 g/mol. The Labute approximate surface area is 97.9 Å². The third-order valence-electron chi connectivity index (χ3n) is 4.09. The lowest BCUT2D eigenvalue weighted by Crippen LogP contribution is -2.52. The second kappa shape index (κ2) is 4.74. The molecular formula is C13H24O3.